The third-order valence-corrected chi connectivity index (χ3v) is 4.68. The van der Waals surface area contributed by atoms with E-state index in [1.54, 1.807) is 11.3 Å². The molecule has 1 aromatic rings. The van der Waals surface area contributed by atoms with Gasteiger partial charge < -0.3 is 4.90 Å². The van der Waals surface area contributed by atoms with E-state index in [2.05, 4.69) is 22.2 Å². The van der Waals surface area contributed by atoms with Crippen molar-refractivity contribution >= 4 is 39.8 Å². The Labute approximate surface area is 104 Å². The molecular formula is C10H15ClN2S2. The average molecular weight is 263 g/mol. The Morgan fingerprint density at radius 3 is 3.27 bits per heavy atom. The summed E-state index contributed by atoms with van der Waals surface area (Å²) in [7, 11) is 0. The highest BCUT2D eigenvalue weighted by molar-refractivity contribution is 8.00. The zero-order chi connectivity index (χ0) is 10.7. The topological polar surface area (TPSA) is 16.1 Å². The van der Waals surface area contributed by atoms with Crippen LogP contribution in [-0.4, -0.2) is 35.0 Å². The molecule has 0 aromatic carbocycles. The van der Waals surface area contributed by atoms with Gasteiger partial charge in [-0.15, -0.1) is 22.9 Å². The molecule has 5 heteroatoms. The van der Waals surface area contributed by atoms with Crippen LogP contribution in [0.5, 0.6) is 0 Å². The lowest BCUT2D eigenvalue weighted by molar-refractivity contribution is 0.777. The lowest BCUT2D eigenvalue weighted by atomic mass is 10.4. The van der Waals surface area contributed by atoms with Gasteiger partial charge in [-0.3, -0.25) is 0 Å². The molecule has 0 amide bonds. The summed E-state index contributed by atoms with van der Waals surface area (Å²) in [6.07, 6.45) is 0.885. The molecule has 2 heterocycles. The first-order valence-corrected chi connectivity index (χ1v) is 7.63. The Balaban J connectivity index is 2.01. The molecule has 0 bridgehead atoms. The first kappa shape index (κ1) is 11.6. The number of rotatable bonds is 3. The minimum absolute atomic E-state index is 0.662. The largest absolute Gasteiger partial charge is 0.346 e. The SMILES string of the molecule is CC1CN(c2nc(CCCl)cs2)CCS1. The van der Waals surface area contributed by atoms with Crippen LogP contribution in [0.4, 0.5) is 5.13 Å². The first-order chi connectivity index (χ1) is 7.29. The third kappa shape index (κ3) is 3.02. The molecule has 2 rings (SSSR count). The molecule has 1 aliphatic rings. The van der Waals surface area contributed by atoms with Crippen molar-refractivity contribution in [2.24, 2.45) is 0 Å². The zero-order valence-corrected chi connectivity index (χ0v) is 11.2. The van der Waals surface area contributed by atoms with Crippen molar-refractivity contribution < 1.29 is 0 Å². The Bertz CT molecular complexity index is 316. The quantitative estimate of drug-likeness (QED) is 0.780. The predicted octanol–water partition coefficient (Wildman–Crippen LogP) is 2.87. The van der Waals surface area contributed by atoms with Gasteiger partial charge in [0.2, 0.25) is 0 Å². The Kier molecular flexibility index (Phi) is 4.17. The number of anilines is 1. The summed E-state index contributed by atoms with van der Waals surface area (Å²) in [6, 6.07) is 0. The van der Waals surface area contributed by atoms with Gasteiger partial charge in [-0.25, -0.2) is 4.98 Å². The molecule has 1 atom stereocenters. The van der Waals surface area contributed by atoms with Gasteiger partial charge in [0, 0.05) is 41.8 Å². The summed E-state index contributed by atoms with van der Waals surface area (Å²) in [5.74, 6) is 1.88. The predicted molar refractivity (Wildman–Crippen MR) is 70.7 cm³/mol. The van der Waals surface area contributed by atoms with E-state index in [1.165, 1.54) is 10.9 Å². The molecule has 2 nitrogen and oxygen atoms in total. The molecule has 0 spiro atoms. The van der Waals surface area contributed by atoms with Crippen molar-refractivity contribution in [2.45, 2.75) is 18.6 Å². The monoisotopic (exact) mass is 262 g/mol. The molecule has 15 heavy (non-hydrogen) atoms. The van der Waals surface area contributed by atoms with Crippen LogP contribution in [0.2, 0.25) is 0 Å². The number of alkyl halides is 1. The van der Waals surface area contributed by atoms with Crippen molar-refractivity contribution in [3.8, 4) is 0 Å². The molecular weight excluding hydrogens is 248 g/mol. The van der Waals surface area contributed by atoms with Crippen molar-refractivity contribution in [2.75, 3.05) is 29.6 Å². The number of thioether (sulfide) groups is 1. The smallest absolute Gasteiger partial charge is 0.185 e. The van der Waals surface area contributed by atoms with Gasteiger partial charge in [0.15, 0.2) is 5.13 Å². The number of aryl methyl sites for hydroxylation is 1. The van der Waals surface area contributed by atoms with Gasteiger partial charge in [-0.2, -0.15) is 11.8 Å². The lowest BCUT2D eigenvalue weighted by Crippen LogP contribution is -2.36. The van der Waals surface area contributed by atoms with Crippen LogP contribution in [0.3, 0.4) is 0 Å². The molecule has 0 radical (unpaired) electrons. The average Bonchev–Trinajstić information content (AvgIpc) is 2.67. The molecule has 1 aliphatic heterocycles. The lowest BCUT2D eigenvalue weighted by Gasteiger charge is -2.30. The molecule has 0 N–H and O–H groups in total. The fourth-order valence-corrected chi connectivity index (χ4v) is 3.75. The summed E-state index contributed by atoms with van der Waals surface area (Å²) in [5.41, 5.74) is 1.14. The number of hydrogen-bond acceptors (Lipinski definition) is 4. The molecule has 1 unspecified atom stereocenters. The fraction of sp³-hybridized carbons (Fsp3) is 0.700. The summed E-state index contributed by atoms with van der Waals surface area (Å²) >= 11 is 9.49. The van der Waals surface area contributed by atoms with Crippen molar-refractivity contribution in [1.29, 1.82) is 0 Å². The van der Waals surface area contributed by atoms with E-state index >= 15 is 0 Å². The van der Waals surface area contributed by atoms with Crippen LogP contribution >= 0.6 is 34.7 Å². The van der Waals surface area contributed by atoms with Crippen LogP contribution in [0.1, 0.15) is 12.6 Å². The van der Waals surface area contributed by atoms with E-state index in [1.807, 2.05) is 11.8 Å². The van der Waals surface area contributed by atoms with Gasteiger partial charge >= 0.3 is 0 Å². The van der Waals surface area contributed by atoms with Gasteiger partial charge in [0.05, 0.1) is 5.69 Å². The number of aromatic nitrogens is 1. The number of thiazole rings is 1. The molecule has 0 saturated carbocycles. The highest BCUT2D eigenvalue weighted by Gasteiger charge is 2.19. The minimum atomic E-state index is 0.662. The first-order valence-electron chi connectivity index (χ1n) is 5.16. The van der Waals surface area contributed by atoms with Crippen LogP contribution in [0.15, 0.2) is 5.38 Å². The molecule has 0 aliphatic carbocycles. The minimum Gasteiger partial charge on any atom is -0.346 e. The molecule has 1 saturated heterocycles. The molecule has 84 valence electrons. The highest BCUT2D eigenvalue weighted by atomic mass is 35.5. The highest BCUT2D eigenvalue weighted by Crippen LogP contribution is 2.26. The van der Waals surface area contributed by atoms with E-state index in [9.17, 15) is 0 Å². The van der Waals surface area contributed by atoms with Gasteiger partial charge in [-0.05, 0) is 0 Å². The Hall–Kier alpha value is 0.0700. The van der Waals surface area contributed by atoms with E-state index < -0.39 is 0 Å². The van der Waals surface area contributed by atoms with E-state index in [0.717, 1.165) is 30.5 Å². The second kappa shape index (κ2) is 5.41. The zero-order valence-electron chi connectivity index (χ0n) is 8.78. The second-order valence-corrected chi connectivity index (χ2v) is 6.45. The summed E-state index contributed by atoms with van der Waals surface area (Å²) < 4.78 is 0. The number of halogens is 1. The van der Waals surface area contributed by atoms with Crippen molar-refractivity contribution in [1.82, 2.24) is 4.98 Å². The van der Waals surface area contributed by atoms with Crippen LogP contribution in [-0.2, 0) is 6.42 Å². The second-order valence-electron chi connectivity index (χ2n) is 3.69. The van der Waals surface area contributed by atoms with Crippen molar-refractivity contribution in [3.05, 3.63) is 11.1 Å². The van der Waals surface area contributed by atoms with E-state index in [-0.39, 0.29) is 0 Å². The van der Waals surface area contributed by atoms with Crippen molar-refractivity contribution in [3.63, 3.8) is 0 Å². The summed E-state index contributed by atoms with van der Waals surface area (Å²) in [5, 5.41) is 4.02. The summed E-state index contributed by atoms with van der Waals surface area (Å²) in [4.78, 5) is 7.00. The Morgan fingerprint density at radius 1 is 1.67 bits per heavy atom. The van der Waals surface area contributed by atoms with Crippen LogP contribution in [0, 0.1) is 0 Å². The van der Waals surface area contributed by atoms with E-state index in [0.29, 0.717) is 5.88 Å². The fourth-order valence-electron chi connectivity index (χ4n) is 1.65. The number of hydrogen-bond donors (Lipinski definition) is 0. The third-order valence-electron chi connectivity index (χ3n) is 2.40. The van der Waals surface area contributed by atoms with Gasteiger partial charge in [-0.1, -0.05) is 6.92 Å². The maximum Gasteiger partial charge on any atom is 0.185 e. The van der Waals surface area contributed by atoms with Crippen LogP contribution in [0.25, 0.3) is 0 Å². The standard InChI is InChI=1S/C10H15ClN2S2/c1-8-6-13(4-5-14-8)10-12-9(2-3-11)7-15-10/h7-8H,2-6H2,1H3. The maximum absolute atomic E-state index is 5.70. The van der Waals surface area contributed by atoms with E-state index in [4.69, 9.17) is 11.6 Å². The maximum atomic E-state index is 5.70. The van der Waals surface area contributed by atoms with Crippen LogP contribution < -0.4 is 4.90 Å². The molecule has 1 aromatic heterocycles. The Morgan fingerprint density at radius 2 is 2.53 bits per heavy atom. The van der Waals surface area contributed by atoms with Gasteiger partial charge in [0.25, 0.3) is 0 Å². The normalized spacial score (nSPS) is 22.0. The molecule has 1 fully saturated rings. The summed E-state index contributed by atoms with van der Waals surface area (Å²) in [6.45, 7) is 4.53. The number of nitrogens with zero attached hydrogens (tertiary/aromatic N) is 2. The van der Waals surface area contributed by atoms with Gasteiger partial charge in [0.1, 0.15) is 0 Å².